The number of para-hydroxylation sites is 1. The van der Waals surface area contributed by atoms with E-state index in [0.29, 0.717) is 25.9 Å². The third-order valence-corrected chi connectivity index (χ3v) is 5.01. The maximum absolute atomic E-state index is 13.2. The molecule has 5 nitrogen and oxygen atoms in total. The number of fused-ring (bicyclic) bond motifs is 1. The minimum Gasteiger partial charge on any atom is -0.427 e. The predicted octanol–water partition coefficient (Wildman–Crippen LogP) is 2.13. The van der Waals surface area contributed by atoms with Gasteiger partial charge >= 0.3 is 12.5 Å². The molecule has 1 saturated carbocycles. The van der Waals surface area contributed by atoms with E-state index >= 15 is 0 Å². The van der Waals surface area contributed by atoms with Crippen LogP contribution in [-0.4, -0.2) is 58.9 Å². The lowest BCUT2D eigenvalue weighted by Crippen LogP contribution is -2.38. The molecule has 2 fully saturated rings. The fraction of sp³-hybridized carbons (Fsp3) is 0.588. The Morgan fingerprint density at radius 2 is 1.65 bits per heavy atom. The molecule has 1 amide bonds. The zero-order valence-electron chi connectivity index (χ0n) is 13.7. The van der Waals surface area contributed by atoms with Gasteiger partial charge < -0.3 is 19.8 Å². The first-order valence-electron chi connectivity index (χ1n) is 8.28. The molecule has 1 heterocycles. The Bertz CT molecular complexity index is 654. The summed E-state index contributed by atoms with van der Waals surface area (Å²) in [5.41, 5.74) is -0.229. The first kappa shape index (κ1) is 18.9. The molecule has 3 rings (SSSR count). The van der Waals surface area contributed by atoms with Gasteiger partial charge in [0, 0.05) is 13.1 Å². The van der Waals surface area contributed by atoms with Gasteiger partial charge in [-0.25, -0.2) is 0 Å². The van der Waals surface area contributed by atoms with Crippen molar-refractivity contribution in [2.45, 2.75) is 37.6 Å². The summed E-state index contributed by atoms with van der Waals surface area (Å²) in [5.74, 6) is -1.23. The summed E-state index contributed by atoms with van der Waals surface area (Å²) in [6, 6.07) is 5.02. The van der Waals surface area contributed by atoms with Gasteiger partial charge in [0.1, 0.15) is 5.75 Å². The number of hydrogen-bond donors (Lipinski definition) is 2. The zero-order valence-corrected chi connectivity index (χ0v) is 13.7. The van der Waals surface area contributed by atoms with Gasteiger partial charge in [-0.05, 0) is 36.8 Å². The number of aliphatic hydroxyl groups is 2. The van der Waals surface area contributed by atoms with E-state index in [9.17, 15) is 32.6 Å². The second-order valence-corrected chi connectivity index (χ2v) is 6.80. The molecule has 1 aliphatic carbocycles. The highest BCUT2D eigenvalue weighted by Gasteiger charge is 2.46. The van der Waals surface area contributed by atoms with E-state index in [-0.39, 0.29) is 17.4 Å². The summed E-state index contributed by atoms with van der Waals surface area (Å²) in [6.07, 6.45) is -9.75. The van der Waals surface area contributed by atoms with Crippen molar-refractivity contribution in [1.29, 1.82) is 0 Å². The molecular formula is C17H19F4NO4. The van der Waals surface area contributed by atoms with Crippen LogP contribution >= 0.6 is 0 Å². The van der Waals surface area contributed by atoms with Crippen LogP contribution in [0.1, 0.15) is 23.2 Å². The van der Waals surface area contributed by atoms with Crippen molar-refractivity contribution in [3.8, 4) is 5.75 Å². The van der Waals surface area contributed by atoms with Crippen molar-refractivity contribution in [3.63, 3.8) is 0 Å². The largest absolute Gasteiger partial charge is 0.461 e. The summed E-state index contributed by atoms with van der Waals surface area (Å²) >= 11 is 0. The number of aliphatic hydroxyl groups excluding tert-OH is 2. The summed E-state index contributed by atoms with van der Waals surface area (Å²) < 4.78 is 55.3. The first-order valence-corrected chi connectivity index (χ1v) is 8.28. The van der Waals surface area contributed by atoms with E-state index < -0.39 is 36.4 Å². The number of likely N-dealkylation sites (tertiary alicyclic amines) is 1. The highest BCUT2D eigenvalue weighted by Crippen LogP contribution is 2.38. The molecule has 0 radical (unpaired) electrons. The quantitative estimate of drug-likeness (QED) is 0.789. The van der Waals surface area contributed by atoms with Crippen molar-refractivity contribution in [2.75, 3.05) is 13.1 Å². The molecule has 1 aromatic carbocycles. The van der Waals surface area contributed by atoms with E-state index in [2.05, 4.69) is 4.74 Å². The molecule has 0 aromatic heterocycles. The number of carbonyl (C=O) groups is 1. The number of ether oxygens (including phenoxy) is 1. The third kappa shape index (κ3) is 3.64. The molecule has 0 unspecified atom stereocenters. The van der Waals surface area contributed by atoms with Gasteiger partial charge in [0.25, 0.3) is 5.91 Å². The molecule has 144 valence electrons. The first-order chi connectivity index (χ1) is 12.2. The van der Waals surface area contributed by atoms with Crippen molar-refractivity contribution in [1.82, 2.24) is 4.90 Å². The minimum absolute atomic E-state index is 0.00654. The summed E-state index contributed by atoms with van der Waals surface area (Å²) in [6.45, 7) is 0.597. The number of halogens is 4. The van der Waals surface area contributed by atoms with Crippen LogP contribution < -0.4 is 4.74 Å². The number of alkyl halides is 4. The number of amides is 1. The van der Waals surface area contributed by atoms with Crippen LogP contribution in [0.4, 0.5) is 17.6 Å². The maximum Gasteiger partial charge on any atom is 0.461 e. The van der Waals surface area contributed by atoms with Gasteiger partial charge in [-0.1, -0.05) is 12.1 Å². The van der Waals surface area contributed by atoms with E-state index in [1.807, 2.05) is 0 Å². The predicted molar refractivity (Wildman–Crippen MR) is 82.2 cm³/mol. The van der Waals surface area contributed by atoms with Gasteiger partial charge in [0.05, 0.1) is 17.8 Å². The van der Waals surface area contributed by atoms with E-state index in [1.54, 1.807) is 0 Å². The minimum atomic E-state index is -4.70. The fourth-order valence-electron chi connectivity index (χ4n) is 3.67. The second kappa shape index (κ2) is 7.03. The Morgan fingerprint density at radius 1 is 1.12 bits per heavy atom. The summed E-state index contributed by atoms with van der Waals surface area (Å²) in [7, 11) is 0. The van der Waals surface area contributed by atoms with Crippen LogP contribution in [0.15, 0.2) is 24.3 Å². The Labute approximate surface area is 147 Å². The molecule has 9 heteroatoms. The molecule has 0 bridgehead atoms. The third-order valence-electron chi connectivity index (χ3n) is 5.01. The van der Waals surface area contributed by atoms with Crippen molar-refractivity contribution < 1.29 is 37.3 Å². The number of rotatable bonds is 4. The van der Waals surface area contributed by atoms with E-state index in [0.717, 1.165) is 6.07 Å². The standard InChI is InChI=1S/C17H19F4NO4/c18-16(19)17(20,21)26-14-4-2-1-3-11(14)15(25)22-7-9-5-12(23)13(24)6-10(9)8-22/h1-4,9-10,12-13,16,23-24H,5-8H2/t9-,10+,12-,13-/m1/s1. The molecule has 2 aliphatic rings. The average molecular weight is 377 g/mol. The fourth-order valence-corrected chi connectivity index (χ4v) is 3.67. The molecule has 4 atom stereocenters. The van der Waals surface area contributed by atoms with E-state index in [1.165, 1.54) is 23.1 Å². The molecule has 1 aromatic rings. The van der Waals surface area contributed by atoms with Crippen LogP contribution in [0, 0.1) is 11.8 Å². The average Bonchev–Trinajstić information content (AvgIpc) is 2.97. The van der Waals surface area contributed by atoms with Gasteiger partial charge in [-0.3, -0.25) is 4.79 Å². The number of nitrogens with zero attached hydrogens (tertiary/aromatic N) is 1. The second-order valence-electron chi connectivity index (χ2n) is 6.80. The Balaban J connectivity index is 1.77. The molecular weight excluding hydrogens is 358 g/mol. The van der Waals surface area contributed by atoms with Gasteiger partial charge in [0.15, 0.2) is 0 Å². The lowest BCUT2D eigenvalue weighted by atomic mass is 9.79. The van der Waals surface area contributed by atoms with Crippen LogP contribution in [0.3, 0.4) is 0 Å². The molecule has 1 aliphatic heterocycles. The number of hydrogen-bond acceptors (Lipinski definition) is 4. The lowest BCUT2D eigenvalue weighted by molar-refractivity contribution is -0.253. The Morgan fingerprint density at radius 3 is 2.19 bits per heavy atom. The molecule has 1 saturated heterocycles. The zero-order chi connectivity index (χ0) is 19.1. The van der Waals surface area contributed by atoms with Crippen LogP contribution in [0.2, 0.25) is 0 Å². The molecule has 0 spiro atoms. The monoisotopic (exact) mass is 377 g/mol. The van der Waals surface area contributed by atoms with Crippen molar-refractivity contribution in [3.05, 3.63) is 29.8 Å². The molecule has 2 N–H and O–H groups in total. The van der Waals surface area contributed by atoms with Crippen LogP contribution in [0.5, 0.6) is 5.75 Å². The normalized spacial score (nSPS) is 29.0. The number of carbonyl (C=O) groups excluding carboxylic acids is 1. The summed E-state index contributed by atoms with van der Waals surface area (Å²) in [5, 5.41) is 19.5. The van der Waals surface area contributed by atoms with E-state index in [4.69, 9.17) is 0 Å². The smallest absolute Gasteiger partial charge is 0.427 e. The topological polar surface area (TPSA) is 70.0 Å². The Kier molecular flexibility index (Phi) is 5.12. The van der Waals surface area contributed by atoms with Crippen LogP contribution in [0.25, 0.3) is 0 Å². The Hall–Kier alpha value is -1.87. The lowest BCUT2D eigenvalue weighted by Gasteiger charge is -2.31. The van der Waals surface area contributed by atoms with Gasteiger partial charge in [-0.15, -0.1) is 0 Å². The summed E-state index contributed by atoms with van der Waals surface area (Å²) in [4.78, 5) is 14.1. The van der Waals surface area contributed by atoms with Crippen LogP contribution in [-0.2, 0) is 0 Å². The maximum atomic E-state index is 13.2. The van der Waals surface area contributed by atoms with Gasteiger partial charge in [-0.2, -0.15) is 17.6 Å². The highest BCUT2D eigenvalue weighted by atomic mass is 19.3. The molecule has 26 heavy (non-hydrogen) atoms. The van der Waals surface area contributed by atoms with Crippen molar-refractivity contribution >= 4 is 5.91 Å². The number of benzene rings is 1. The highest BCUT2D eigenvalue weighted by molar-refractivity contribution is 5.97. The van der Waals surface area contributed by atoms with Gasteiger partial charge in [0.2, 0.25) is 0 Å². The SMILES string of the molecule is O=C(c1ccccc1OC(F)(F)C(F)F)N1C[C@H]2C[C@@H](O)[C@H](O)C[C@H]2C1. The van der Waals surface area contributed by atoms with Crippen molar-refractivity contribution in [2.24, 2.45) is 11.8 Å².